The number of halogens is 4. The maximum absolute atomic E-state index is 13.8. The summed E-state index contributed by atoms with van der Waals surface area (Å²) in [6.07, 6.45) is -0.373. The largest absolute Gasteiger partial charge is 0.433 e. The van der Waals surface area contributed by atoms with Crippen molar-refractivity contribution in [2.24, 2.45) is 0 Å². The molecule has 0 aliphatic heterocycles. The van der Waals surface area contributed by atoms with E-state index < -0.39 is 17.8 Å². The zero-order valence-electron chi connectivity index (χ0n) is 18.8. The van der Waals surface area contributed by atoms with E-state index in [1.165, 1.54) is 17.4 Å². The van der Waals surface area contributed by atoms with Crippen molar-refractivity contribution in [1.29, 1.82) is 0 Å². The Morgan fingerprint density at radius 2 is 1.92 bits per heavy atom. The quantitative estimate of drug-likeness (QED) is 0.258. The van der Waals surface area contributed by atoms with Crippen molar-refractivity contribution in [3.05, 3.63) is 87.2 Å². The number of rotatable bonds is 6. The number of hydrogen-bond donors (Lipinski definition) is 1. The smallest absolute Gasteiger partial charge is 0.321 e. The standard InChI is InChI=1S/C24H18BrF3N6OS/c1-2-17-7-8-20(36-17)18-9-21(24(26,27)28)34-22(31-18)10-19(32-34)23(35)30-16-5-3-14(4-6-16)12-33-13-15(25)11-29-33/h3-11,13H,2,12H2,1H3,(H,30,35). The highest BCUT2D eigenvalue weighted by Gasteiger charge is 2.35. The van der Waals surface area contributed by atoms with Gasteiger partial charge in [-0.2, -0.15) is 23.4 Å². The number of fused-ring (bicyclic) bond motifs is 1. The van der Waals surface area contributed by atoms with Crippen LogP contribution in [0.5, 0.6) is 0 Å². The number of nitrogens with one attached hydrogen (secondary N) is 1. The van der Waals surface area contributed by atoms with Gasteiger partial charge in [-0.25, -0.2) is 9.50 Å². The van der Waals surface area contributed by atoms with Crippen LogP contribution in [-0.4, -0.2) is 30.3 Å². The van der Waals surface area contributed by atoms with E-state index in [1.807, 2.05) is 31.3 Å². The molecule has 0 bridgehead atoms. The van der Waals surface area contributed by atoms with Crippen LogP contribution < -0.4 is 5.32 Å². The van der Waals surface area contributed by atoms with E-state index in [9.17, 15) is 18.0 Å². The van der Waals surface area contributed by atoms with E-state index in [1.54, 1.807) is 29.1 Å². The Morgan fingerprint density at radius 3 is 2.56 bits per heavy atom. The SMILES string of the molecule is CCc1ccc(-c2cc(C(F)(F)F)n3nc(C(=O)Nc4ccc(Cn5cc(Br)cn5)cc4)cc3n2)s1. The number of aromatic nitrogens is 5. The van der Waals surface area contributed by atoms with Gasteiger partial charge in [0.1, 0.15) is 0 Å². The van der Waals surface area contributed by atoms with Crippen molar-refractivity contribution in [1.82, 2.24) is 24.4 Å². The van der Waals surface area contributed by atoms with Gasteiger partial charge in [-0.05, 0) is 58.2 Å². The molecule has 1 amide bonds. The molecule has 1 N–H and O–H groups in total. The molecule has 0 spiro atoms. The second-order valence-electron chi connectivity index (χ2n) is 7.95. The van der Waals surface area contributed by atoms with Crippen molar-refractivity contribution in [2.75, 3.05) is 5.32 Å². The molecule has 0 unspecified atom stereocenters. The number of carbonyl (C=O) groups excluding carboxylic acids is 1. The molecule has 12 heteroatoms. The summed E-state index contributed by atoms with van der Waals surface area (Å²) in [6, 6.07) is 12.9. The number of alkyl halides is 3. The van der Waals surface area contributed by atoms with Crippen molar-refractivity contribution in [3.63, 3.8) is 0 Å². The zero-order chi connectivity index (χ0) is 25.4. The molecule has 0 radical (unpaired) electrons. The molecule has 36 heavy (non-hydrogen) atoms. The van der Waals surface area contributed by atoms with Gasteiger partial charge in [0.05, 0.1) is 27.8 Å². The highest BCUT2D eigenvalue weighted by atomic mass is 79.9. The van der Waals surface area contributed by atoms with Crippen molar-refractivity contribution in [2.45, 2.75) is 26.1 Å². The van der Waals surface area contributed by atoms with Gasteiger partial charge in [0.2, 0.25) is 0 Å². The van der Waals surface area contributed by atoms with Crippen LogP contribution in [0.15, 0.2) is 65.4 Å². The topological polar surface area (TPSA) is 77.1 Å². The van der Waals surface area contributed by atoms with Crippen molar-refractivity contribution >= 4 is 44.5 Å². The average Bonchev–Trinajstić information content (AvgIpc) is 3.58. The third-order valence-corrected chi connectivity index (χ3v) is 7.03. The van der Waals surface area contributed by atoms with Crippen molar-refractivity contribution < 1.29 is 18.0 Å². The van der Waals surface area contributed by atoms with Gasteiger partial charge >= 0.3 is 6.18 Å². The summed E-state index contributed by atoms with van der Waals surface area (Å²) in [5.41, 5.74) is 0.405. The summed E-state index contributed by atoms with van der Waals surface area (Å²) in [7, 11) is 0. The van der Waals surface area contributed by atoms with Crippen LogP contribution in [-0.2, 0) is 19.1 Å². The third kappa shape index (κ3) is 5.05. The molecule has 5 aromatic rings. The minimum Gasteiger partial charge on any atom is -0.321 e. The molecule has 0 atom stereocenters. The van der Waals surface area contributed by atoms with E-state index >= 15 is 0 Å². The van der Waals surface area contributed by atoms with Crippen LogP contribution in [0, 0.1) is 0 Å². The summed E-state index contributed by atoms with van der Waals surface area (Å²) in [4.78, 5) is 18.8. The molecule has 0 saturated heterocycles. The molecule has 184 valence electrons. The molecule has 0 aliphatic carbocycles. The average molecular weight is 575 g/mol. The predicted octanol–water partition coefficient (Wildman–Crippen LogP) is 6.30. The number of nitrogens with zero attached hydrogens (tertiary/aromatic N) is 5. The number of aryl methyl sites for hydroxylation is 1. The van der Waals surface area contributed by atoms with E-state index in [0.717, 1.165) is 27.4 Å². The maximum Gasteiger partial charge on any atom is 0.433 e. The Kier molecular flexibility index (Phi) is 6.39. The van der Waals surface area contributed by atoms with Gasteiger partial charge < -0.3 is 5.32 Å². The molecule has 4 heterocycles. The van der Waals surface area contributed by atoms with Crippen LogP contribution in [0.2, 0.25) is 0 Å². The monoisotopic (exact) mass is 574 g/mol. The predicted molar refractivity (Wildman–Crippen MR) is 134 cm³/mol. The Balaban J connectivity index is 1.40. The molecule has 1 aromatic carbocycles. The summed E-state index contributed by atoms with van der Waals surface area (Å²) in [5.74, 6) is -0.636. The van der Waals surface area contributed by atoms with E-state index in [2.05, 4.69) is 36.4 Å². The first-order chi connectivity index (χ1) is 17.2. The first kappa shape index (κ1) is 24.2. The van der Waals surface area contributed by atoms with E-state index in [-0.39, 0.29) is 17.0 Å². The molecule has 5 rings (SSSR count). The van der Waals surface area contributed by atoms with E-state index in [4.69, 9.17) is 0 Å². The molecular weight excluding hydrogens is 557 g/mol. The summed E-state index contributed by atoms with van der Waals surface area (Å²) in [6.45, 7) is 2.52. The lowest BCUT2D eigenvalue weighted by molar-refractivity contribution is -0.142. The number of carbonyl (C=O) groups is 1. The molecule has 0 fully saturated rings. The minimum absolute atomic E-state index is 0.0582. The highest BCUT2D eigenvalue weighted by Crippen LogP contribution is 2.34. The number of anilines is 1. The summed E-state index contributed by atoms with van der Waals surface area (Å²) < 4.78 is 44.8. The fraction of sp³-hybridized carbons (Fsp3) is 0.167. The Hall–Kier alpha value is -3.51. The minimum atomic E-state index is -4.68. The third-order valence-electron chi connectivity index (χ3n) is 5.37. The van der Waals surface area contributed by atoms with Gasteiger partial charge in [-0.3, -0.25) is 9.48 Å². The normalized spacial score (nSPS) is 11.8. The number of benzene rings is 1. The molecule has 7 nitrogen and oxygen atoms in total. The summed E-state index contributed by atoms with van der Waals surface area (Å²) >= 11 is 4.73. The molecule has 4 aromatic heterocycles. The molecule has 0 aliphatic rings. The Bertz CT molecular complexity index is 1550. The van der Waals surface area contributed by atoms with Crippen LogP contribution >= 0.6 is 27.3 Å². The second kappa shape index (κ2) is 9.51. The fourth-order valence-electron chi connectivity index (χ4n) is 3.62. The Labute approximate surface area is 215 Å². The van der Waals surface area contributed by atoms with Crippen LogP contribution in [0.4, 0.5) is 18.9 Å². The first-order valence-corrected chi connectivity index (χ1v) is 12.5. The van der Waals surface area contributed by atoms with E-state index in [0.29, 0.717) is 21.6 Å². The van der Waals surface area contributed by atoms with Crippen LogP contribution in [0.25, 0.3) is 16.2 Å². The Morgan fingerprint density at radius 1 is 1.14 bits per heavy atom. The fourth-order valence-corrected chi connectivity index (χ4v) is 4.86. The lowest BCUT2D eigenvalue weighted by atomic mass is 10.2. The summed E-state index contributed by atoms with van der Waals surface area (Å²) in [5, 5.41) is 10.8. The van der Waals surface area contributed by atoms with Gasteiger partial charge in [0.25, 0.3) is 5.91 Å². The van der Waals surface area contributed by atoms with Gasteiger partial charge in [0, 0.05) is 22.8 Å². The maximum atomic E-state index is 13.8. The van der Waals surface area contributed by atoms with Crippen LogP contribution in [0.3, 0.4) is 0 Å². The zero-order valence-corrected chi connectivity index (χ0v) is 21.2. The molecule has 0 saturated carbocycles. The van der Waals surface area contributed by atoms with Gasteiger partial charge in [-0.1, -0.05) is 19.1 Å². The molecular formula is C24H18BrF3N6OS. The van der Waals surface area contributed by atoms with Gasteiger partial charge in [-0.15, -0.1) is 11.3 Å². The number of hydrogen-bond acceptors (Lipinski definition) is 5. The lowest BCUT2D eigenvalue weighted by Gasteiger charge is -2.10. The second-order valence-corrected chi connectivity index (χ2v) is 10.0. The number of amides is 1. The highest BCUT2D eigenvalue weighted by molar-refractivity contribution is 9.10. The van der Waals surface area contributed by atoms with Gasteiger partial charge in [0.15, 0.2) is 17.0 Å². The first-order valence-electron chi connectivity index (χ1n) is 10.8. The lowest BCUT2D eigenvalue weighted by Crippen LogP contribution is -2.15. The van der Waals surface area contributed by atoms with Crippen molar-refractivity contribution in [3.8, 4) is 10.6 Å². The van der Waals surface area contributed by atoms with Crippen LogP contribution in [0.1, 0.15) is 33.5 Å². The number of thiophene rings is 1.